The van der Waals surface area contributed by atoms with Crippen molar-refractivity contribution in [3.63, 3.8) is 0 Å². The number of alkyl carbamates (subject to hydrolysis) is 1. The van der Waals surface area contributed by atoms with E-state index in [2.05, 4.69) is 5.32 Å². The zero-order valence-corrected chi connectivity index (χ0v) is 16.3. The number of rotatable bonds is 6. The van der Waals surface area contributed by atoms with Gasteiger partial charge in [-0.2, -0.15) is 0 Å². The summed E-state index contributed by atoms with van der Waals surface area (Å²) in [5.74, 6) is -0.655. The first-order chi connectivity index (χ1) is 15.0. The Labute approximate surface area is 177 Å². The number of carbonyl (C=O) groups excluding carboxylic acids is 2. The van der Waals surface area contributed by atoms with Crippen molar-refractivity contribution in [2.75, 3.05) is 13.2 Å². The van der Waals surface area contributed by atoms with E-state index in [4.69, 9.17) is 9.47 Å². The zero-order valence-electron chi connectivity index (χ0n) is 16.3. The molecular formula is C23H18N2O6. The molecule has 0 aliphatic heterocycles. The van der Waals surface area contributed by atoms with Crippen LogP contribution in [0.15, 0.2) is 72.8 Å². The van der Waals surface area contributed by atoms with Gasteiger partial charge >= 0.3 is 12.1 Å². The number of nitro benzene ring substituents is 1. The number of hydrogen-bond donors (Lipinski definition) is 1. The van der Waals surface area contributed by atoms with Crippen LogP contribution in [0.5, 0.6) is 5.75 Å². The number of benzene rings is 3. The number of amides is 1. The standard InChI is InChI=1S/C23H18N2O6/c26-22(31-16-11-9-15(10-12-16)25(28)29)13-24-23(27)30-14-21-19-7-3-1-5-17(19)18-6-2-4-8-20(18)21/h1-12,21H,13-14H2,(H,24,27). The summed E-state index contributed by atoms with van der Waals surface area (Å²) >= 11 is 0. The molecular weight excluding hydrogens is 400 g/mol. The third-order valence-corrected chi connectivity index (χ3v) is 5.00. The fourth-order valence-corrected chi connectivity index (χ4v) is 3.60. The second-order valence-corrected chi connectivity index (χ2v) is 6.90. The summed E-state index contributed by atoms with van der Waals surface area (Å²) in [6, 6.07) is 21.0. The van der Waals surface area contributed by atoms with Gasteiger partial charge in [-0.15, -0.1) is 0 Å². The van der Waals surface area contributed by atoms with Crippen LogP contribution >= 0.6 is 0 Å². The molecule has 4 rings (SSSR count). The Kier molecular flexibility index (Phi) is 5.61. The lowest BCUT2D eigenvalue weighted by molar-refractivity contribution is -0.384. The first-order valence-corrected chi connectivity index (χ1v) is 9.57. The van der Waals surface area contributed by atoms with Gasteiger partial charge in [0.15, 0.2) is 0 Å². The lowest BCUT2D eigenvalue weighted by atomic mass is 9.98. The average Bonchev–Trinajstić information content (AvgIpc) is 3.10. The summed E-state index contributed by atoms with van der Waals surface area (Å²) in [4.78, 5) is 34.1. The minimum atomic E-state index is -0.734. The van der Waals surface area contributed by atoms with E-state index in [1.807, 2.05) is 48.5 Å². The van der Waals surface area contributed by atoms with Crippen molar-refractivity contribution >= 4 is 17.7 Å². The van der Waals surface area contributed by atoms with Crippen LogP contribution in [0.4, 0.5) is 10.5 Å². The molecule has 1 amide bonds. The van der Waals surface area contributed by atoms with Crippen molar-refractivity contribution in [3.8, 4) is 16.9 Å². The monoisotopic (exact) mass is 418 g/mol. The summed E-state index contributed by atoms with van der Waals surface area (Å²) in [7, 11) is 0. The van der Waals surface area contributed by atoms with Crippen LogP contribution in [-0.2, 0) is 9.53 Å². The molecule has 0 atom stereocenters. The number of nitrogens with one attached hydrogen (secondary N) is 1. The highest BCUT2D eigenvalue weighted by Gasteiger charge is 2.29. The van der Waals surface area contributed by atoms with Gasteiger partial charge in [0.25, 0.3) is 5.69 Å². The van der Waals surface area contributed by atoms with Crippen LogP contribution < -0.4 is 10.1 Å². The third-order valence-electron chi connectivity index (χ3n) is 5.00. The van der Waals surface area contributed by atoms with Crippen molar-refractivity contribution in [3.05, 3.63) is 94.0 Å². The number of carbonyl (C=O) groups is 2. The van der Waals surface area contributed by atoms with Gasteiger partial charge in [0, 0.05) is 18.1 Å². The van der Waals surface area contributed by atoms with Crippen LogP contribution in [0.1, 0.15) is 17.0 Å². The van der Waals surface area contributed by atoms with Crippen LogP contribution in [-0.4, -0.2) is 30.1 Å². The Morgan fingerprint density at radius 3 is 2.06 bits per heavy atom. The molecule has 3 aromatic carbocycles. The van der Waals surface area contributed by atoms with Crippen molar-refractivity contribution in [2.24, 2.45) is 0 Å². The van der Waals surface area contributed by atoms with Gasteiger partial charge in [-0.1, -0.05) is 48.5 Å². The molecule has 0 heterocycles. The van der Waals surface area contributed by atoms with Gasteiger partial charge in [-0.25, -0.2) is 9.59 Å². The summed E-state index contributed by atoms with van der Waals surface area (Å²) in [6.45, 7) is -0.259. The highest BCUT2D eigenvalue weighted by Crippen LogP contribution is 2.44. The van der Waals surface area contributed by atoms with E-state index < -0.39 is 23.5 Å². The van der Waals surface area contributed by atoms with E-state index in [0.29, 0.717) is 0 Å². The van der Waals surface area contributed by atoms with E-state index in [-0.39, 0.29) is 24.0 Å². The maximum atomic E-state index is 12.1. The molecule has 0 saturated heterocycles. The van der Waals surface area contributed by atoms with Gasteiger partial charge in [0.05, 0.1) is 4.92 Å². The Morgan fingerprint density at radius 1 is 0.903 bits per heavy atom. The maximum Gasteiger partial charge on any atom is 0.407 e. The number of ether oxygens (including phenoxy) is 2. The van der Waals surface area contributed by atoms with Gasteiger partial charge < -0.3 is 14.8 Å². The lowest BCUT2D eigenvalue weighted by Crippen LogP contribution is -2.33. The highest BCUT2D eigenvalue weighted by molar-refractivity contribution is 5.80. The fourth-order valence-electron chi connectivity index (χ4n) is 3.60. The SMILES string of the molecule is O=C(CNC(=O)OCC1c2ccccc2-c2ccccc21)Oc1ccc([N+](=O)[O-])cc1. The van der Waals surface area contributed by atoms with E-state index in [0.717, 1.165) is 22.3 Å². The molecule has 0 radical (unpaired) electrons. The third kappa shape index (κ3) is 4.37. The number of nitro groups is 1. The van der Waals surface area contributed by atoms with Gasteiger partial charge in [-0.3, -0.25) is 10.1 Å². The molecule has 31 heavy (non-hydrogen) atoms. The molecule has 0 fully saturated rings. The molecule has 0 spiro atoms. The summed E-state index contributed by atoms with van der Waals surface area (Å²) in [5, 5.41) is 13.0. The first kappa shape index (κ1) is 20.1. The number of fused-ring (bicyclic) bond motifs is 3. The van der Waals surface area contributed by atoms with Crippen LogP contribution in [0.2, 0.25) is 0 Å². The van der Waals surface area contributed by atoms with Gasteiger partial charge in [-0.05, 0) is 34.4 Å². The molecule has 8 heteroatoms. The summed E-state index contributed by atoms with van der Waals surface area (Å²) < 4.78 is 10.4. The molecule has 8 nitrogen and oxygen atoms in total. The zero-order chi connectivity index (χ0) is 21.8. The van der Waals surface area contributed by atoms with Crippen molar-refractivity contribution in [2.45, 2.75) is 5.92 Å². The van der Waals surface area contributed by atoms with E-state index in [1.165, 1.54) is 24.3 Å². The van der Waals surface area contributed by atoms with Gasteiger partial charge in [0.2, 0.25) is 0 Å². The Balaban J connectivity index is 1.30. The highest BCUT2D eigenvalue weighted by atomic mass is 16.6. The van der Waals surface area contributed by atoms with E-state index in [9.17, 15) is 19.7 Å². The van der Waals surface area contributed by atoms with Crippen LogP contribution in [0, 0.1) is 10.1 Å². The topological polar surface area (TPSA) is 108 Å². The Morgan fingerprint density at radius 2 is 1.48 bits per heavy atom. The number of non-ortho nitro benzene ring substituents is 1. The fraction of sp³-hybridized carbons (Fsp3) is 0.130. The molecule has 1 aliphatic carbocycles. The number of esters is 1. The van der Waals surface area contributed by atoms with Crippen LogP contribution in [0.3, 0.4) is 0 Å². The summed E-state index contributed by atoms with van der Waals surface area (Å²) in [6.07, 6.45) is -0.734. The first-order valence-electron chi connectivity index (χ1n) is 9.57. The van der Waals surface area contributed by atoms with Gasteiger partial charge in [0.1, 0.15) is 18.9 Å². The quantitative estimate of drug-likeness (QED) is 0.280. The Bertz CT molecular complexity index is 1100. The van der Waals surface area contributed by atoms with Crippen molar-refractivity contribution in [1.82, 2.24) is 5.32 Å². The maximum absolute atomic E-state index is 12.1. The van der Waals surface area contributed by atoms with E-state index in [1.54, 1.807) is 0 Å². The van der Waals surface area contributed by atoms with E-state index >= 15 is 0 Å². The Hall–Kier alpha value is -4.20. The van der Waals surface area contributed by atoms with Crippen LogP contribution in [0.25, 0.3) is 11.1 Å². The predicted molar refractivity (Wildman–Crippen MR) is 112 cm³/mol. The molecule has 3 aromatic rings. The molecule has 0 unspecified atom stereocenters. The van der Waals surface area contributed by atoms with Crippen molar-refractivity contribution in [1.29, 1.82) is 0 Å². The minimum Gasteiger partial charge on any atom is -0.449 e. The number of nitrogens with zero attached hydrogens (tertiary/aromatic N) is 1. The second-order valence-electron chi connectivity index (χ2n) is 6.90. The molecule has 1 aliphatic rings. The average molecular weight is 418 g/mol. The summed E-state index contributed by atoms with van der Waals surface area (Å²) in [5.41, 5.74) is 4.32. The normalized spacial score (nSPS) is 11.9. The molecule has 0 aromatic heterocycles. The molecule has 0 bridgehead atoms. The number of hydrogen-bond acceptors (Lipinski definition) is 6. The van der Waals surface area contributed by atoms with Crippen molar-refractivity contribution < 1.29 is 24.0 Å². The minimum absolute atomic E-state index is 0.0785. The lowest BCUT2D eigenvalue weighted by Gasteiger charge is -2.14. The largest absolute Gasteiger partial charge is 0.449 e. The smallest absolute Gasteiger partial charge is 0.407 e. The molecule has 0 saturated carbocycles. The molecule has 156 valence electrons. The second kappa shape index (κ2) is 8.66. The predicted octanol–water partition coefficient (Wildman–Crippen LogP) is 4.04. The molecule has 1 N–H and O–H groups in total.